The molecule has 2 aliphatic heterocycles. The second-order valence-corrected chi connectivity index (χ2v) is 5.60. The van der Waals surface area contributed by atoms with Crippen LogP contribution in [0, 0.1) is 11.8 Å². The lowest BCUT2D eigenvalue weighted by molar-refractivity contribution is -0.105. The maximum absolute atomic E-state index is 5.97. The van der Waals surface area contributed by atoms with Gasteiger partial charge in [0.15, 0.2) is 0 Å². The summed E-state index contributed by atoms with van der Waals surface area (Å²) >= 11 is 2.00. The molecule has 0 aromatic carbocycles. The molecule has 2 heterocycles. The largest absolute Gasteiger partial charge is 0.359 e. The predicted octanol–water partition coefficient (Wildman–Crippen LogP) is 1.71. The minimum absolute atomic E-state index is 0.0516. The second kappa shape index (κ2) is 3.79. The zero-order valence-electron chi connectivity index (χ0n) is 8.51. The van der Waals surface area contributed by atoms with E-state index in [1.165, 1.54) is 12.2 Å². The molecule has 1 spiro atoms. The van der Waals surface area contributed by atoms with Crippen LogP contribution in [0.5, 0.6) is 0 Å². The standard InChI is InChI=1S/C10H19NOS/c1-8(2)9-5-11-10(12-6-9)3-4-13-7-10/h8-9,11H,3-7H2,1-2H3. The van der Waals surface area contributed by atoms with Gasteiger partial charge in [-0.15, -0.1) is 0 Å². The van der Waals surface area contributed by atoms with Gasteiger partial charge in [0.05, 0.1) is 6.61 Å². The summed E-state index contributed by atoms with van der Waals surface area (Å²) < 4.78 is 5.97. The van der Waals surface area contributed by atoms with E-state index in [0.717, 1.165) is 24.8 Å². The van der Waals surface area contributed by atoms with Gasteiger partial charge in [0.1, 0.15) is 5.72 Å². The van der Waals surface area contributed by atoms with Crippen LogP contribution < -0.4 is 5.32 Å². The molecule has 1 N–H and O–H groups in total. The first kappa shape index (κ1) is 9.81. The van der Waals surface area contributed by atoms with Crippen molar-refractivity contribution in [2.45, 2.75) is 26.0 Å². The van der Waals surface area contributed by atoms with Gasteiger partial charge in [-0.05, 0) is 24.0 Å². The van der Waals surface area contributed by atoms with Crippen molar-refractivity contribution in [2.75, 3.05) is 24.7 Å². The average Bonchev–Trinajstić information content (AvgIpc) is 2.54. The molecule has 0 bridgehead atoms. The lowest BCUT2D eigenvalue weighted by atomic mass is 9.94. The Kier molecular flexibility index (Phi) is 2.86. The zero-order valence-corrected chi connectivity index (χ0v) is 9.32. The van der Waals surface area contributed by atoms with Crippen LogP contribution in [0.15, 0.2) is 0 Å². The molecule has 0 aromatic rings. The molecule has 2 aliphatic rings. The van der Waals surface area contributed by atoms with E-state index >= 15 is 0 Å². The Labute approximate surface area is 84.8 Å². The Balaban J connectivity index is 1.88. The fourth-order valence-corrected chi connectivity index (χ4v) is 3.20. The van der Waals surface area contributed by atoms with Crippen molar-refractivity contribution in [3.63, 3.8) is 0 Å². The Morgan fingerprint density at radius 3 is 2.85 bits per heavy atom. The number of rotatable bonds is 1. The maximum atomic E-state index is 5.97. The molecule has 76 valence electrons. The van der Waals surface area contributed by atoms with Gasteiger partial charge in [-0.2, -0.15) is 11.8 Å². The van der Waals surface area contributed by atoms with Crippen LogP contribution in [0.4, 0.5) is 0 Å². The van der Waals surface area contributed by atoms with Gasteiger partial charge in [0.25, 0.3) is 0 Å². The summed E-state index contributed by atoms with van der Waals surface area (Å²) in [5.74, 6) is 3.83. The number of thioether (sulfide) groups is 1. The Morgan fingerprint density at radius 2 is 2.38 bits per heavy atom. The van der Waals surface area contributed by atoms with Crippen LogP contribution in [0.3, 0.4) is 0 Å². The fourth-order valence-electron chi connectivity index (χ4n) is 1.92. The van der Waals surface area contributed by atoms with Crippen LogP contribution in [0.2, 0.25) is 0 Å². The van der Waals surface area contributed by atoms with Gasteiger partial charge < -0.3 is 4.74 Å². The van der Waals surface area contributed by atoms with Crippen LogP contribution in [-0.2, 0) is 4.74 Å². The molecule has 2 fully saturated rings. The third kappa shape index (κ3) is 2.03. The number of ether oxygens (including phenoxy) is 1. The highest BCUT2D eigenvalue weighted by Gasteiger charge is 2.39. The van der Waals surface area contributed by atoms with E-state index < -0.39 is 0 Å². The van der Waals surface area contributed by atoms with E-state index in [4.69, 9.17) is 4.74 Å². The summed E-state index contributed by atoms with van der Waals surface area (Å²) in [6.45, 7) is 6.64. The summed E-state index contributed by atoms with van der Waals surface area (Å²) in [5, 5.41) is 3.58. The Bertz CT molecular complexity index is 168. The highest BCUT2D eigenvalue weighted by molar-refractivity contribution is 7.99. The Morgan fingerprint density at radius 1 is 1.54 bits per heavy atom. The fraction of sp³-hybridized carbons (Fsp3) is 1.00. The molecule has 13 heavy (non-hydrogen) atoms. The van der Waals surface area contributed by atoms with E-state index in [-0.39, 0.29) is 5.72 Å². The van der Waals surface area contributed by atoms with Gasteiger partial charge >= 0.3 is 0 Å². The first-order valence-corrected chi connectivity index (χ1v) is 6.34. The van der Waals surface area contributed by atoms with Gasteiger partial charge in [0, 0.05) is 12.3 Å². The van der Waals surface area contributed by atoms with Crippen molar-refractivity contribution in [2.24, 2.45) is 11.8 Å². The Hall–Kier alpha value is 0.270. The molecule has 0 amide bonds. The summed E-state index contributed by atoms with van der Waals surface area (Å²) in [5.41, 5.74) is 0.0516. The van der Waals surface area contributed by atoms with E-state index in [1.54, 1.807) is 0 Å². The van der Waals surface area contributed by atoms with E-state index in [9.17, 15) is 0 Å². The molecule has 2 rings (SSSR count). The van der Waals surface area contributed by atoms with Gasteiger partial charge in [0.2, 0.25) is 0 Å². The highest BCUT2D eigenvalue weighted by atomic mass is 32.2. The first-order chi connectivity index (χ1) is 6.22. The van der Waals surface area contributed by atoms with Gasteiger partial charge in [-0.3, -0.25) is 5.32 Å². The van der Waals surface area contributed by atoms with Crippen molar-refractivity contribution in [1.29, 1.82) is 0 Å². The molecular weight excluding hydrogens is 182 g/mol. The highest BCUT2D eigenvalue weighted by Crippen LogP contribution is 2.32. The molecule has 0 aliphatic carbocycles. The lowest BCUT2D eigenvalue weighted by Gasteiger charge is -2.39. The van der Waals surface area contributed by atoms with Crippen LogP contribution >= 0.6 is 11.8 Å². The summed E-state index contributed by atoms with van der Waals surface area (Å²) in [6.07, 6.45) is 1.18. The van der Waals surface area contributed by atoms with E-state index in [2.05, 4.69) is 19.2 Å². The lowest BCUT2D eigenvalue weighted by Crippen LogP contribution is -2.55. The molecule has 0 saturated carbocycles. The molecule has 0 radical (unpaired) electrons. The monoisotopic (exact) mass is 201 g/mol. The van der Waals surface area contributed by atoms with Crippen molar-refractivity contribution >= 4 is 11.8 Å². The molecular formula is C10H19NOS. The van der Waals surface area contributed by atoms with Gasteiger partial charge in [-0.25, -0.2) is 0 Å². The summed E-state index contributed by atoms with van der Waals surface area (Å²) in [7, 11) is 0. The SMILES string of the molecule is CC(C)C1CNC2(CCSC2)OC1. The van der Waals surface area contributed by atoms with Crippen molar-refractivity contribution in [1.82, 2.24) is 5.32 Å². The topological polar surface area (TPSA) is 21.3 Å². The zero-order chi connectivity index (χ0) is 9.31. The maximum Gasteiger partial charge on any atom is 0.129 e. The molecule has 0 aromatic heterocycles. The first-order valence-electron chi connectivity index (χ1n) is 5.19. The van der Waals surface area contributed by atoms with Gasteiger partial charge in [-0.1, -0.05) is 13.8 Å². The second-order valence-electron chi connectivity index (χ2n) is 4.49. The number of hydrogen-bond donors (Lipinski definition) is 1. The van der Waals surface area contributed by atoms with Crippen molar-refractivity contribution < 1.29 is 4.74 Å². The molecule has 2 unspecified atom stereocenters. The predicted molar refractivity (Wildman–Crippen MR) is 57.0 cm³/mol. The average molecular weight is 201 g/mol. The summed E-state index contributed by atoms with van der Waals surface area (Å²) in [4.78, 5) is 0. The van der Waals surface area contributed by atoms with E-state index in [0.29, 0.717) is 5.92 Å². The van der Waals surface area contributed by atoms with Crippen LogP contribution in [-0.4, -0.2) is 30.4 Å². The van der Waals surface area contributed by atoms with Crippen LogP contribution in [0.25, 0.3) is 0 Å². The molecule has 2 saturated heterocycles. The van der Waals surface area contributed by atoms with Crippen LogP contribution in [0.1, 0.15) is 20.3 Å². The van der Waals surface area contributed by atoms with Crippen molar-refractivity contribution in [3.05, 3.63) is 0 Å². The van der Waals surface area contributed by atoms with E-state index in [1.807, 2.05) is 11.8 Å². The third-order valence-electron chi connectivity index (χ3n) is 3.19. The molecule has 2 nitrogen and oxygen atoms in total. The third-order valence-corrected chi connectivity index (χ3v) is 4.35. The summed E-state index contributed by atoms with van der Waals surface area (Å²) in [6, 6.07) is 0. The smallest absolute Gasteiger partial charge is 0.129 e. The molecule has 2 atom stereocenters. The normalized spacial score (nSPS) is 40.4. The number of nitrogens with one attached hydrogen (secondary N) is 1. The quantitative estimate of drug-likeness (QED) is 0.698. The minimum atomic E-state index is 0.0516. The molecule has 3 heteroatoms. The van der Waals surface area contributed by atoms with Crippen molar-refractivity contribution in [3.8, 4) is 0 Å². The minimum Gasteiger partial charge on any atom is -0.359 e. The number of hydrogen-bond acceptors (Lipinski definition) is 3.